The normalized spacial score (nSPS) is 18.4. The number of hydrogen-bond donors (Lipinski definition) is 2. The zero-order valence-corrected chi connectivity index (χ0v) is 9.21. The monoisotopic (exact) mass is 237 g/mol. The van der Waals surface area contributed by atoms with Crippen LogP contribution in [0.15, 0.2) is 4.79 Å². The van der Waals surface area contributed by atoms with Crippen LogP contribution in [0.25, 0.3) is 0 Å². The lowest BCUT2D eigenvalue weighted by Crippen LogP contribution is -2.40. The molecule has 4 heterocycles. The number of hydrogen-bond acceptors (Lipinski definition) is 2. The SMILES string of the molecule is Cl.Cl.O=c1[nH][nH]c2c1N1CCC2CC1. The van der Waals surface area contributed by atoms with Gasteiger partial charge in [-0.2, -0.15) is 0 Å². The van der Waals surface area contributed by atoms with Gasteiger partial charge in [0.1, 0.15) is 5.69 Å². The largest absolute Gasteiger partial charge is 0.366 e. The van der Waals surface area contributed by atoms with Gasteiger partial charge < -0.3 is 4.90 Å². The number of anilines is 1. The summed E-state index contributed by atoms with van der Waals surface area (Å²) in [5, 5.41) is 5.64. The second kappa shape index (κ2) is 3.87. The fraction of sp³-hybridized carbons (Fsp3) is 0.625. The van der Waals surface area contributed by atoms with Crippen molar-refractivity contribution < 1.29 is 0 Å². The highest BCUT2D eigenvalue weighted by Crippen LogP contribution is 2.38. The predicted octanol–water partition coefficient (Wildman–Crippen LogP) is 1.24. The van der Waals surface area contributed by atoms with E-state index in [0.717, 1.165) is 24.5 Å². The molecule has 0 saturated carbocycles. The summed E-state index contributed by atoms with van der Waals surface area (Å²) in [5.41, 5.74) is 2.09. The van der Waals surface area contributed by atoms with E-state index in [-0.39, 0.29) is 30.4 Å². The van der Waals surface area contributed by atoms with Gasteiger partial charge in [-0.25, -0.2) is 0 Å². The number of rotatable bonds is 0. The van der Waals surface area contributed by atoms with Crippen molar-refractivity contribution in [3.63, 3.8) is 0 Å². The molecule has 1 aromatic heterocycles. The van der Waals surface area contributed by atoms with Gasteiger partial charge in [-0.3, -0.25) is 15.0 Å². The number of halogens is 2. The van der Waals surface area contributed by atoms with Gasteiger partial charge in [-0.15, -0.1) is 24.8 Å². The first-order valence-electron chi connectivity index (χ1n) is 4.42. The molecule has 1 fully saturated rings. The third kappa shape index (κ3) is 1.33. The van der Waals surface area contributed by atoms with Crippen LogP contribution < -0.4 is 10.5 Å². The van der Waals surface area contributed by atoms with Crippen molar-refractivity contribution in [2.24, 2.45) is 0 Å². The molecule has 0 aromatic carbocycles. The number of piperidine rings is 1. The number of aromatic amines is 2. The summed E-state index contributed by atoms with van der Waals surface area (Å²) in [6.45, 7) is 2.11. The molecular weight excluding hydrogens is 225 g/mol. The average molecular weight is 238 g/mol. The van der Waals surface area contributed by atoms with Crippen LogP contribution in [0.5, 0.6) is 0 Å². The van der Waals surface area contributed by atoms with E-state index < -0.39 is 0 Å². The van der Waals surface area contributed by atoms with Gasteiger partial charge in [-0.05, 0) is 12.8 Å². The Morgan fingerprint density at radius 2 is 1.79 bits per heavy atom. The third-order valence-electron chi connectivity index (χ3n) is 3.00. The zero-order valence-electron chi connectivity index (χ0n) is 7.58. The summed E-state index contributed by atoms with van der Waals surface area (Å²) in [4.78, 5) is 13.5. The molecule has 6 heteroatoms. The quantitative estimate of drug-likeness (QED) is 0.714. The van der Waals surface area contributed by atoms with Gasteiger partial charge in [0, 0.05) is 19.0 Å². The number of H-pyrrole nitrogens is 2. The number of nitrogens with zero attached hydrogens (tertiary/aromatic N) is 1. The van der Waals surface area contributed by atoms with Crippen LogP contribution in [0.4, 0.5) is 5.69 Å². The maximum absolute atomic E-state index is 11.3. The standard InChI is InChI=1S/C8H11N3O.2ClH/c12-8-7-6(9-10-8)5-1-3-11(7)4-2-5;;/h5H,1-4H2,(H2,9,10,12);2*1H. The number of aromatic nitrogens is 2. The molecule has 1 saturated heterocycles. The minimum Gasteiger partial charge on any atom is -0.366 e. The minimum absolute atomic E-state index is 0. The summed E-state index contributed by atoms with van der Waals surface area (Å²) in [5.74, 6) is 0.601. The van der Waals surface area contributed by atoms with Crippen molar-refractivity contribution >= 4 is 30.5 Å². The Labute approximate surface area is 93.9 Å². The predicted molar refractivity (Wildman–Crippen MR) is 60.1 cm³/mol. The smallest absolute Gasteiger partial charge is 0.287 e. The maximum atomic E-state index is 11.3. The van der Waals surface area contributed by atoms with E-state index in [0.29, 0.717) is 5.92 Å². The second-order valence-electron chi connectivity index (χ2n) is 3.60. The highest BCUT2D eigenvalue weighted by molar-refractivity contribution is 5.85. The van der Waals surface area contributed by atoms with Crippen molar-refractivity contribution in [1.82, 2.24) is 10.2 Å². The maximum Gasteiger partial charge on any atom is 0.287 e. The van der Waals surface area contributed by atoms with E-state index in [2.05, 4.69) is 15.1 Å². The van der Waals surface area contributed by atoms with Gasteiger partial charge in [-0.1, -0.05) is 0 Å². The molecule has 1 aromatic rings. The number of nitrogens with one attached hydrogen (secondary N) is 2. The Kier molecular flexibility index (Phi) is 3.17. The fourth-order valence-electron chi connectivity index (χ4n) is 2.37. The van der Waals surface area contributed by atoms with Crippen molar-refractivity contribution in [1.29, 1.82) is 0 Å². The Hall–Kier alpha value is -0.610. The molecule has 4 rings (SSSR count). The topological polar surface area (TPSA) is 51.9 Å². The summed E-state index contributed by atoms with van der Waals surface area (Å²) in [6, 6.07) is 0. The third-order valence-corrected chi connectivity index (χ3v) is 3.00. The molecule has 0 spiro atoms. The van der Waals surface area contributed by atoms with Gasteiger partial charge >= 0.3 is 0 Å². The van der Waals surface area contributed by atoms with Crippen LogP contribution in [-0.4, -0.2) is 23.3 Å². The molecule has 80 valence electrons. The molecular formula is C8H13Cl2N3O. The molecule has 0 aliphatic carbocycles. The molecule has 0 amide bonds. The molecule has 0 radical (unpaired) electrons. The van der Waals surface area contributed by atoms with E-state index in [9.17, 15) is 4.79 Å². The molecule has 0 atom stereocenters. The van der Waals surface area contributed by atoms with Gasteiger partial charge in [0.05, 0.1) is 5.69 Å². The van der Waals surface area contributed by atoms with Crippen molar-refractivity contribution in [3.8, 4) is 0 Å². The fourth-order valence-corrected chi connectivity index (χ4v) is 2.37. The van der Waals surface area contributed by atoms with E-state index >= 15 is 0 Å². The van der Waals surface area contributed by atoms with Gasteiger partial charge in [0.2, 0.25) is 0 Å². The first kappa shape index (κ1) is 11.5. The summed E-state index contributed by atoms with van der Waals surface area (Å²) in [7, 11) is 0. The van der Waals surface area contributed by atoms with Crippen LogP contribution in [0.3, 0.4) is 0 Å². The summed E-state index contributed by atoms with van der Waals surface area (Å²) >= 11 is 0. The Bertz CT molecular complexity index is 365. The Morgan fingerprint density at radius 3 is 2.36 bits per heavy atom. The van der Waals surface area contributed by atoms with E-state index in [4.69, 9.17) is 0 Å². The molecule has 3 aliphatic rings. The molecule has 4 nitrogen and oxygen atoms in total. The van der Waals surface area contributed by atoms with Crippen molar-refractivity contribution in [2.75, 3.05) is 18.0 Å². The lowest BCUT2D eigenvalue weighted by Gasteiger charge is -2.38. The van der Waals surface area contributed by atoms with Crippen LogP contribution in [0, 0.1) is 0 Å². The second-order valence-corrected chi connectivity index (χ2v) is 3.60. The Balaban J connectivity index is 0.000000490. The molecule has 3 aliphatic heterocycles. The van der Waals surface area contributed by atoms with Crippen molar-refractivity contribution in [2.45, 2.75) is 18.8 Å². The lowest BCUT2D eigenvalue weighted by atomic mass is 9.88. The van der Waals surface area contributed by atoms with Crippen LogP contribution in [0.1, 0.15) is 24.5 Å². The first-order valence-corrected chi connectivity index (χ1v) is 4.42. The van der Waals surface area contributed by atoms with E-state index in [1.807, 2.05) is 0 Å². The molecule has 14 heavy (non-hydrogen) atoms. The van der Waals surface area contributed by atoms with E-state index in [1.165, 1.54) is 12.8 Å². The van der Waals surface area contributed by atoms with Crippen molar-refractivity contribution in [3.05, 3.63) is 16.0 Å². The highest BCUT2D eigenvalue weighted by Gasteiger charge is 2.33. The minimum atomic E-state index is 0. The van der Waals surface area contributed by atoms with Crippen LogP contribution >= 0.6 is 24.8 Å². The Morgan fingerprint density at radius 1 is 1.14 bits per heavy atom. The van der Waals surface area contributed by atoms with Gasteiger partial charge in [0.15, 0.2) is 0 Å². The molecule has 0 unspecified atom stereocenters. The van der Waals surface area contributed by atoms with Gasteiger partial charge in [0.25, 0.3) is 5.56 Å². The highest BCUT2D eigenvalue weighted by atomic mass is 35.5. The number of fused-ring (bicyclic) bond motifs is 2. The summed E-state index contributed by atoms with van der Waals surface area (Å²) < 4.78 is 0. The lowest BCUT2D eigenvalue weighted by molar-refractivity contribution is 0.466. The first-order chi connectivity index (χ1) is 5.86. The molecule has 2 N–H and O–H groups in total. The van der Waals surface area contributed by atoms with Crippen LogP contribution in [-0.2, 0) is 0 Å². The van der Waals surface area contributed by atoms with Crippen LogP contribution in [0.2, 0.25) is 0 Å². The van der Waals surface area contributed by atoms with E-state index in [1.54, 1.807) is 0 Å². The average Bonchev–Trinajstić information content (AvgIpc) is 2.53. The zero-order chi connectivity index (χ0) is 8.13. The molecule has 2 bridgehead atoms. The summed E-state index contributed by atoms with van der Waals surface area (Å²) in [6.07, 6.45) is 2.39.